The molecule has 0 spiro atoms. The molecule has 2 amide bonds. The van der Waals surface area contributed by atoms with Crippen LogP contribution >= 0.6 is 0 Å². The standard InChI is InChI=1S/C31H33F5N4O4/c32-23-21(29(12-14-43-15-13-29)27(41)40-17-31(35,36)18-40)6-7-22-25(23)38-26(37-22)24(20-8-10-30(33,34)11-9-20)39-28(42)44-16-19-4-2-1-3-5-19/h1-7,20,24H,8-18H2,(H,37,38)(H,39,42). The molecule has 3 heterocycles. The quantitative estimate of drug-likeness (QED) is 0.315. The number of hydrogen-bond acceptors (Lipinski definition) is 5. The Balaban J connectivity index is 1.30. The Bertz CT molecular complexity index is 1510. The van der Waals surface area contributed by atoms with Gasteiger partial charge < -0.3 is 24.7 Å². The fraction of sp³-hybridized carbons (Fsp3) is 0.516. The van der Waals surface area contributed by atoms with Crippen molar-refractivity contribution in [2.45, 2.75) is 68.4 Å². The number of aromatic amines is 1. The van der Waals surface area contributed by atoms with Crippen molar-refractivity contribution in [3.63, 3.8) is 0 Å². The van der Waals surface area contributed by atoms with Crippen LogP contribution in [0.25, 0.3) is 11.0 Å². The minimum Gasteiger partial charge on any atom is -0.445 e. The van der Waals surface area contributed by atoms with Crippen LogP contribution in [0.1, 0.15) is 61.5 Å². The fourth-order valence-electron chi connectivity index (χ4n) is 6.55. The van der Waals surface area contributed by atoms with E-state index >= 15 is 4.39 Å². The molecule has 0 radical (unpaired) electrons. The first-order chi connectivity index (χ1) is 21.0. The van der Waals surface area contributed by atoms with E-state index in [0.29, 0.717) is 0 Å². The van der Waals surface area contributed by atoms with Crippen molar-refractivity contribution < 1.29 is 41.0 Å². The van der Waals surface area contributed by atoms with E-state index in [1.807, 2.05) is 6.07 Å². The number of aromatic nitrogens is 2. The van der Waals surface area contributed by atoms with Gasteiger partial charge in [-0.05, 0) is 43.2 Å². The maximum Gasteiger partial charge on any atom is 0.408 e. The van der Waals surface area contributed by atoms with Crippen molar-refractivity contribution in [1.29, 1.82) is 0 Å². The van der Waals surface area contributed by atoms with Gasteiger partial charge in [0.1, 0.15) is 17.9 Å². The Morgan fingerprint density at radius 3 is 2.34 bits per heavy atom. The highest BCUT2D eigenvalue weighted by molar-refractivity contribution is 5.91. The van der Waals surface area contributed by atoms with Crippen molar-refractivity contribution in [3.8, 4) is 0 Å². The van der Waals surface area contributed by atoms with Gasteiger partial charge in [0.2, 0.25) is 11.8 Å². The average Bonchev–Trinajstić information content (AvgIpc) is 3.44. The normalized spacial score (nSPS) is 21.8. The summed E-state index contributed by atoms with van der Waals surface area (Å²) in [5.74, 6) is -7.42. The maximum absolute atomic E-state index is 16.3. The second kappa shape index (κ2) is 11.6. The van der Waals surface area contributed by atoms with E-state index in [4.69, 9.17) is 9.47 Å². The van der Waals surface area contributed by atoms with Crippen LogP contribution < -0.4 is 5.32 Å². The van der Waals surface area contributed by atoms with E-state index in [1.54, 1.807) is 30.3 Å². The lowest BCUT2D eigenvalue weighted by molar-refractivity contribution is -0.174. The van der Waals surface area contributed by atoms with E-state index < -0.39 is 60.1 Å². The van der Waals surface area contributed by atoms with Gasteiger partial charge in [-0.1, -0.05) is 36.4 Å². The third kappa shape index (κ3) is 5.98. The van der Waals surface area contributed by atoms with Gasteiger partial charge >= 0.3 is 6.09 Å². The smallest absolute Gasteiger partial charge is 0.408 e. The molecule has 2 aliphatic heterocycles. The van der Waals surface area contributed by atoms with Crippen LogP contribution in [0.4, 0.5) is 26.7 Å². The zero-order valence-corrected chi connectivity index (χ0v) is 23.9. The lowest BCUT2D eigenvalue weighted by Crippen LogP contribution is -2.63. The molecule has 3 fully saturated rings. The number of fused-ring (bicyclic) bond motifs is 1. The first kappa shape index (κ1) is 30.3. The topological polar surface area (TPSA) is 96.5 Å². The number of carbonyl (C=O) groups is 2. The Hall–Kier alpha value is -3.74. The van der Waals surface area contributed by atoms with Crippen LogP contribution in [0.3, 0.4) is 0 Å². The monoisotopic (exact) mass is 620 g/mol. The summed E-state index contributed by atoms with van der Waals surface area (Å²) in [4.78, 5) is 35.0. The molecular weight excluding hydrogens is 587 g/mol. The van der Waals surface area contributed by atoms with E-state index in [0.717, 1.165) is 10.5 Å². The molecule has 3 aromatic rings. The number of amides is 2. The first-order valence-corrected chi connectivity index (χ1v) is 14.8. The number of nitrogens with zero attached hydrogens (tertiary/aromatic N) is 2. The molecule has 1 saturated carbocycles. The van der Waals surface area contributed by atoms with Gasteiger partial charge in [0.25, 0.3) is 5.92 Å². The highest BCUT2D eigenvalue weighted by atomic mass is 19.3. The summed E-state index contributed by atoms with van der Waals surface area (Å²) in [6.45, 7) is -1.15. The van der Waals surface area contributed by atoms with Crippen molar-refractivity contribution in [2.24, 2.45) is 5.92 Å². The number of H-pyrrole nitrogens is 1. The predicted molar refractivity (Wildman–Crippen MR) is 149 cm³/mol. The van der Waals surface area contributed by atoms with E-state index in [-0.39, 0.29) is 80.8 Å². The molecule has 2 saturated heterocycles. The molecule has 0 bridgehead atoms. The third-order valence-electron chi connectivity index (χ3n) is 9.03. The van der Waals surface area contributed by atoms with Crippen LogP contribution in [0, 0.1) is 11.7 Å². The van der Waals surface area contributed by atoms with E-state index in [1.165, 1.54) is 6.07 Å². The fourth-order valence-corrected chi connectivity index (χ4v) is 6.55. The average molecular weight is 621 g/mol. The van der Waals surface area contributed by atoms with Gasteiger partial charge in [-0.2, -0.15) is 0 Å². The highest BCUT2D eigenvalue weighted by Gasteiger charge is 2.54. The number of nitrogens with one attached hydrogen (secondary N) is 2. The number of rotatable bonds is 7. The van der Waals surface area contributed by atoms with Crippen LogP contribution in [-0.4, -0.2) is 65.0 Å². The molecule has 2 N–H and O–H groups in total. The van der Waals surface area contributed by atoms with Crippen LogP contribution in [0.5, 0.6) is 0 Å². The number of imidazole rings is 1. The minimum absolute atomic E-state index is 0.0109. The highest BCUT2D eigenvalue weighted by Crippen LogP contribution is 2.44. The molecule has 2 aromatic carbocycles. The Labute approximate surface area is 250 Å². The van der Waals surface area contributed by atoms with E-state index in [2.05, 4.69) is 15.3 Å². The Morgan fingerprint density at radius 1 is 1.00 bits per heavy atom. The first-order valence-electron chi connectivity index (χ1n) is 14.8. The summed E-state index contributed by atoms with van der Waals surface area (Å²) in [5.41, 5.74) is -0.434. The molecule has 13 heteroatoms. The number of likely N-dealkylation sites (tertiary alicyclic amines) is 1. The number of halogens is 5. The van der Waals surface area contributed by atoms with Crippen molar-refractivity contribution in [2.75, 3.05) is 26.3 Å². The van der Waals surface area contributed by atoms with Gasteiger partial charge in [-0.3, -0.25) is 4.79 Å². The maximum atomic E-state index is 16.3. The summed E-state index contributed by atoms with van der Waals surface area (Å²) in [6.07, 6.45) is -1.09. The summed E-state index contributed by atoms with van der Waals surface area (Å²) < 4.78 is 82.5. The number of benzene rings is 2. The van der Waals surface area contributed by atoms with Crippen LogP contribution in [0.2, 0.25) is 0 Å². The second-order valence-corrected chi connectivity index (χ2v) is 12.0. The Kier molecular flexibility index (Phi) is 8.02. The van der Waals surface area contributed by atoms with Crippen molar-refractivity contribution >= 4 is 23.0 Å². The largest absolute Gasteiger partial charge is 0.445 e. The molecule has 236 valence electrons. The zero-order chi connectivity index (χ0) is 31.1. The molecular formula is C31H33F5N4O4. The molecule has 1 atom stereocenters. The lowest BCUT2D eigenvalue weighted by atomic mass is 9.72. The number of hydrogen-bond donors (Lipinski definition) is 2. The van der Waals surface area contributed by atoms with E-state index in [9.17, 15) is 27.2 Å². The molecule has 3 aliphatic rings. The molecule has 1 unspecified atom stereocenters. The SMILES string of the molecule is O=C(NC(c1nc2c(F)c(C3(C(=O)N4CC(F)(F)C4)CCOCC3)ccc2[nH]1)C1CCC(F)(F)CC1)OCc1ccccc1. The summed E-state index contributed by atoms with van der Waals surface area (Å²) in [5, 5.41) is 2.75. The minimum atomic E-state index is -2.98. The lowest BCUT2D eigenvalue weighted by Gasteiger charge is -2.46. The number of alkyl halides is 4. The summed E-state index contributed by atoms with van der Waals surface area (Å²) in [7, 11) is 0. The third-order valence-corrected chi connectivity index (χ3v) is 9.03. The molecule has 6 rings (SSSR count). The molecule has 1 aromatic heterocycles. The van der Waals surface area contributed by atoms with Crippen molar-refractivity contribution in [3.05, 3.63) is 65.2 Å². The van der Waals surface area contributed by atoms with Gasteiger partial charge in [-0.15, -0.1) is 0 Å². The Morgan fingerprint density at radius 2 is 1.68 bits per heavy atom. The summed E-state index contributed by atoms with van der Waals surface area (Å²) >= 11 is 0. The summed E-state index contributed by atoms with van der Waals surface area (Å²) in [6, 6.07) is 11.1. The van der Waals surface area contributed by atoms with Gasteiger partial charge in [0.05, 0.1) is 30.1 Å². The van der Waals surface area contributed by atoms with Gasteiger partial charge in [0.15, 0.2) is 5.82 Å². The number of carbonyl (C=O) groups excluding carboxylic acids is 2. The van der Waals surface area contributed by atoms with Crippen LogP contribution in [-0.2, 0) is 26.3 Å². The van der Waals surface area contributed by atoms with Crippen LogP contribution in [0.15, 0.2) is 42.5 Å². The molecule has 44 heavy (non-hydrogen) atoms. The number of ether oxygens (including phenoxy) is 2. The van der Waals surface area contributed by atoms with Gasteiger partial charge in [-0.25, -0.2) is 31.7 Å². The molecule has 1 aliphatic carbocycles. The van der Waals surface area contributed by atoms with Crippen molar-refractivity contribution in [1.82, 2.24) is 20.2 Å². The van der Waals surface area contributed by atoms with Gasteiger partial charge in [0, 0.05) is 31.6 Å². The zero-order valence-electron chi connectivity index (χ0n) is 23.9. The second-order valence-electron chi connectivity index (χ2n) is 12.0. The molecule has 8 nitrogen and oxygen atoms in total. The number of alkyl carbamates (subject to hydrolysis) is 1. The predicted octanol–water partition coefficient (Wildman–Crippen LogP) is 6.02.